The fourth-order valence-electron chi connectivity index (χ4n) is 1.92. The highest BCUT2D eigenvalue weighted by molar-refractivity contribution is 6.03. The first-order valence-electron chi connectivity index (χ1n) is 6.27. The molecule has 2 aromatic rings. The molecular formula is C15H13N3O2. The third-order valence-electron chi connectivity index (χ3n) is 2.87. The number of hydrogen-bond donors (Lipinski definition) is 0. The van der Waals surface area contributed by atoms with Crippen LogP contribution in [0.15, 0.2) is 53.6 Å². The topological polar surface area (TPSA) is 54.8 Å². The molecule has 0 atom stereocenters. The molecule has 5 heteroatoms. The van der Waals surface area contributed by atoms with Gasteiger partial charge >= 0.3 is 0 Å². The number of anilines is 1. The van der Waals surface area contributed by atoms with Crippen LogP contribution in [0, 0.1) is 6.92 Å². The number of carbonyl (C=O) groups is 1. The van der Waals surface area contributed by atoms with Crippen LogP contribution in [-0.4, -0.2) is 23.4 Å². The molecule has 1 aromatic heterocycles. The summed E-state index contributed by atoms with van der Waals surface area (Å²) >= 11 is 0. The van der Waals surface area contributed by atoms with E-state index < -0.39 is 0 Å². The minimum Gasteiger partial charge on any atom is -0.465 e. The number of benzene rings is 1. The van der Waals surface area contributed by atoms with Crippen LogP contribution in [0.2, 0.25) is 0 Å². The largest absolute Gasteiger partial charge is 0.465 e. The number of carbonyl (C=O) groups excluding carboxylic acids is 1. The zero-order chi connectivity index (χ0) is 13.9. The summed E-state index contributed by atoms with van der Waals surface area (Å²) in [6.45, 7) is 1.86. The summed E-state index contributed by atoms with van der Waals surface area (Å²) in [5, 5.41) is 5.61. The van der Waals surface area contributed by atoms with Gasteiger partial charge in [0.05, 0.1) is 5.69 Å². The second-order valence-corrected chi connectivity index (χ2v) is 4.40. The molecule has 1 amide bonds. The van der Waals surface area contributed by atoms with E-state index in [2.05, 4.69) is 10.1 Å². The van der Waals surface area contributed by atoms with Crippen molar-refractivity contribution in [2.45, 2.75) is 6.92 Å². The molecule has 20 heavy (non-hydrogen) atoms. The Labute approximate surface area is 116 Å². The van der Waals surface area contributed by atoms with E-state index >= 15 is 0 Å². The van der Waals surface area contributed by atoms with E-state index in [1.165, 1.54) is 5.01 Å². The summed E-state index contributed by atoms with van der Waals surface area (Å²) in [6.07, 6.45) is 0. The number of aryl methyl sites for hydroxylation is 1. The van der Waals surface area contributed by atoms with E-state index in [-0.39, 0.29) is 12.5 Å². The van der Waals surface area contributed by atoms with Crippen LogP contribution < -0.4 is 5.01 Å². The summed E-state index contributed by atoms with van der Waals surface area (Å²) < 4.78 is 5.38. The smallest absolute Gasteiger partial charge is 0.285 e. The van der Waals surface area contributed by atoms with E-state index in [1.54, 1.807) is 0 Å². The molecule has 0 fully saturated rings. The molecule has 1 aliphatic rings. The number of amides is 1. The Bertz CT molecular complexity index is 668. The lowest BCUT2D eigenvalue weighted by Crippen LogP contribution is -2.37. The minimum atomic E-state index is -0.201. The molecule has 0 N–H and O–H groups in total. The summed E-state index contributed by atoms with van der Waals surface area (Å²) in [5.74, 6) is 0.157. The van der Waals surface area contributed by atoms with Crippen molar-refractivity contribution in [3.8, 4) is 0 Å². The lowest BCUT2D eigenvalue weighted by molar-refractivity contribution is -0.121. The molecule has 0 bridgehead atoms. The van der Waals surface area contributed by atoms with Crippen LogP contribution in [0.3, 0.4) is 0 Å². The summed E-state index contributed by atoms with van der Waals surface area (Å²) in [4.78, 5) is 16.3. The van der Waals surface area contributed by atoms with Gasteiger partial charge in [-0.15, -0.1) is 5.10 Å². The highest BCUT2D eigenvalue weighted by Gasteiger charge is 2.24. The van der Waals surface area contributed by atoms with Crippen molar-refractivity contribution < 1.29 is 9.53 Å². The van der Waals surface area contributed by atoms with Crippen LogP contribution in [0.5, 0.6) is 0 Å². The van der Waals surface area contributed by atoms with Gasteiger partial charge in [-0.1, -0.05) is 24.3 Å². The Balaban J connectivity index is 1.99. The van der Waals surface area contributed by atoms with Gasteiger partial charge in [0.1, 0.15) is 5.69 Å². The Morgan fingerprint density at radius 3 is 2.65 bits per heavy atom. The van der Waals surface area contributed by atoms with E-state index in [9.17, 15) is 4.79 Å². The molecule has 0 saturated carbocycles. The first-order valence-corrected chi connectivity index (χ1v) is 6.27. The number of rotatable bonds is 2. The average Bonchev–Trinajstić information content (AvgIpc) is 2.48. The zero-order valence-electron chi connectivity index (χ0n) is 11.0. The van der Waals surface area contributed by atoms with E-state index in [4.69, 9.17) is 4.74 Å². The number of pyridine rings is 1. The highest BCUT2D eigenvalue weighted by Crippen LogP contribution is 2.18. The number of nitrogens with zero attached hydrogens (tertiary/aromatic N) is 3. The van der Waals surface area contributed by atoms with E-state index in [0.717, 1.165) is 5.69 Å². The Morgan fingerprint density at radius 1 is 1.10 bits per heavy atom. The third-order valence-corrected chi connectivity index (χ3v) is 2.87. The number of hydrazone groups is 1. The van der Waals surface area contributed by atoms with E-state index in [0.29, 0.717) is 17.3 Å². The minimum absolute atomic E-state index is 0.0383. The number of hydrogen-bond acceptors (Lipinski definition) is 4. The molecule has 0 radical (unpaired) electrons. The predicted octanol–water partition coefficient (Wildman–Crippen LogP) is 2.12. The van der Waals surface area contributed by atoms with Crippen molar-refractivity contribution in [3.63, 3.8) is 0 Å². The van der Waals surface area contributed by atoms with Crippen LogP contribution in [0.25, 0.3) is 0 Å². The summed E-state index contributed by atoms with van der Waals surface area (Å²) in [6, 6.07) is 14.9. The van der Waals surface area contributed by atoms with Crippen LogP contribution in [0.4, 0.5) is 5.69 Å². The predicted molar refractivity (Wildman–Crippen MR) is 75.4 cm³/mol. The number of ether oxygens (including phenoxy) is 1. The average molecular weight is 267 g/mol. The van der Waals surface area contributed by atoms with Crippen molar-refractivity contribution in [1.29, 1.82) is 0 Å². The lowest BCUT2D eigenvalue weighted by atomic mass is 10.3. The van der Waals surface area contributed by atoms with Gasteiger partial charge in [-0.2, -0.15) is 5.01 Å². The monoisotopic (exact) mass is 267 g/mol. The lowest BCUT2D eigenvalue weighted by Gasteiger charge is -2.23. The van der Waals surface area contributed by atoms with Gasteiger partial charge in [-0.05, 0) is 31.2 Å². The maximum atomic E-state index is 11.9. The second-order valence-electron chi connectivity index (χ2n) is 4.40. The zero-order valence-corrected chi connectivity index (χ0v) is 11.0. The Hall–Kier alpha value is -2.69. The molecule has 100 valence electrons. The van der Waals surface area contributed by atoms with Crippen molar-refractivity contribution in [1.82, 2.24) is 4.98 Å². The van der Waals surface area contributed by atoms with Crippen LogP contribution >= 0.6 is 0 Å². The SMILES string of the molecule is Cc1cccc(C2=NN(c3ccccc3)C(=O)CO2)n1. The molecule has 0 unspecified atom stereocenters. The Kier molecular flexibility index (Phi) is 3.16. The van der Waals surface area contributed by atoms with Gasteiger partial charge in [-0.3, -0.25) is 4.79 Å². The van der Waals surface area contributed by atoms with Gasteiger partial charge in [0.25, 0.3) is 11.8 Å². The Morgan fingerprint density at radius 2 is 1.90 bits per heavy atom. The molecule has 2 heterocycles. The second kappa shape index (κ2) is 5.13. The highest BCUT2D eigenvalue weighted by atomic mass is 16.5. The van der Waals surface area contributed by atoms with Crippen molar-refractivity contribution in [3.05, 3.63) is 59.9 Å². The quantitative estimate of drug-likeness (QED) is 0.837. The number of para-hydroxylation sites is 1. The molecule has 0 saturated heterocycles. The van der Waals surface area contributed by atoms with Crippen molar-refractivity contribution >= 4 is 17.5 Å². The third kappa shape index (κ3) is 2.38. The van der Waals surface area contributed by atoms with Gasteiger partial charge in [0.2, 0.25) is 0 Å². The fourth-order valence-corrected chi connectivity index (χ4v) is 1.92. The molecule has 0 spiro atoms. The van der Waals surface area contributed by atoms with Gasteiger partial charge in [0, 0.05) is 5.69 Å². The molecule has 5 nitrogen and oxygen atoms in total. The van der Waals surface area contributed by atoms with Crippen LogP contribution in [0.1, 0.15) is 11.4 Å². The van der Waals surface area contributed by atoms with Gasteiger partial charge in [-0.25, -0.2) is 4.98 Å². The molecular weight excluding hydrogens is 254 g/mol. The number of aromatic nitrogens is 1. The van der Waals surface area contributed by atoms with Gasteiger partial charge in [0.15, 0.2) is 6.61 Å². The fraction of sp³-hybridized carbons (Fsp3) is 0.133. The van der Waals surface area contributed by atoms with Crippen LogP contribution in [-0.2, 0) is 9.53 Å². The molecule has 0 aliphatic carbocycles. The molecule has 1 aromatic carbocycles. The van der Waals surface area contributed by atoms with Crippen molar-refractivity contribution in [2.75, 3.05) is 11.6 Å². The molecule has 3 rings (SSSR count). The molecule has 1 aliphatic heterocycles. The maximum absolute atomic E-state index is 11.9. The summed E-state index contributed by atoms with van der Waals surface area (Å²) in [7, 11) is 0. The van der Waals surface area contributed by atoms with E-state index in [1.807, 2.05) is 55.5 Å². The van der Waals surface area contributed by atoms with Gasteiger partial charge < -0.3 is 4.74 Å². The summed E-state index contributed by atoms with van der Waals surface area (Å²) in [5.41, 5.74) is 2.21. The first kappa shape index (κ1) is 12.3. The normalized spacial score (nSPS) is 14.8. The maximum Gasteiger partial charge on any atom is 0.285 e. The standard InChI is InChI=1S/C15H13N3O2/c1-11-6-5-9-13(16-11)15-17-18(14(19)10-20-15)12-7-3-2-4-8-12/h2-9H,10H2,1H3. The van der Waals surface area contributed by atoms with Crippen molar-refractivity contribution in [2.24, 2.45) is 5.10 Å². The first-order chi connectivity index (χ1) is 9.74.